The summed E-state index contributed by atoms with van der Waals surface area (Å²) in [5.41, 5.74) is 0.949. The van der Waals surface area contributed by atoms with Gasteiger partial charge in [-0.1, -0.05) is 11.6 Å². The van der Waals surface area contributed by atoms with Crippen molar-refractivity contribution in [2.45, 2.75) is 19.5 Å². The molecule has 0 aliphatic carbocycles. The summed E-state index contributed by atoms with van der Waals surface area (Å²) in [5, 5.41) is 3.57. The summed E-state index contributed by atoms with van der Waals surface area (Å²) >= 11 is 5.97. The molecule has 2 aromatic heterocycles. The van der Waals surface area contributed by atoms with E-state index in [4.69, 9.17) is 20.8 Å². The minimum absolute atomic E-state index is 0.210. The lowest BCUT2D eigenvalue weighted by molar-refractivity contribution is 0.148. The first-order valence-electron chi connectivity index (χ1n) is 7.28. The molecule has 0 aliphatic rings. The van der Waals surface area contributed by atoms with Gasteiger partial charge in [0.1, 0.15) is 17.6 Å². The molecule has 0 radical (unpaired) electrons. The molecule has 0 saturated carbocycles. The predicted octanol–water partition coefficient (Wildman–Crippen LogP) is 3.11. The number of methoxy groups -OCH3 is 1. The molecule has 0 unspecified atom stereocenters. The number of amides is 2. The number of halogens is 1. The van der Waals surface area contributed by atoms with Crippen molar-refractivity contribution in [3.8, 4) is 0 Å². The normalized spacial score (nSPS) is 12.2. The average Bonchev–Trinajstić information content (AvgIpc) is 3.04. The standard InChI is InChI=1S/C16H22ClN3O3/c1-11-5-6-15(23-11)14(10-22-4)18-16(21)20(3)9-13-7-12(17)8-19(13)2/h5-8,14H,9-10H2,1-4H3,(H,18,21)/t14-/m0/s1. The molecule has 0 aliphatic heterocycles. The number of rotatable bonds is 6. The fraction of sp³-hybridized carbons (Fsp3) is 0.438. The molecular weight excluding hydrogens is 318 g/mol. The van der Waals surface area contributed by atoms with Crippen LogP contribution in [0.2, 0.25) is 5.02 Å². The molecule has 0 bridgehead atoms. The van der Waals surface area contributed by atoms with Crippen LogP contribution in [0.25, 0.3) is 0 Å². The molecule has 2 amide bonds. The molecule has 6 nitrogen and oxygen atoms in total. The molecule has 1 atom stereocenters. The molecule has 2 rings (SSSR count). The number of aromatic nitrogens is 1. The van der Waals surface area contributed by atoms with Crippen LogP contribution in [0.4, 0.5) is 4.79 Å². The average molecular weight is 340 g/mol. The summed E-state index contributed by atoms with van der Waals surface area (Å²) in [6.45, 7) is 2.65. The Hall–Kier alpha value is -1.92. The second kappa shape index (κ2) is 7.57. The van der Waals surface area contributed by atoms with Crippen molar-refractivity contribution in [3.05, 3.63) is 46.6 Å². The molecule has 0 fully saturated rings. The largest absolute Gasteiger partial charge is 0.464 e. The molecule has 0 spiro atoms. The Kier molecular flexibility index (Phi) is 5.74. The second-order valence-corrected chi connectivity index (χ2v) is 5.96. The van der Waals surface area contributed by atoms with Crippen molar-refractivity contribution in [1.29, 1.82) is 0 Å². The van der Waals surface area contributed by atoms with Crippen LogP contribution in [0.1, 0.15) is 23.3 Å². The van der Waals surface area contributed by atoms with Crippen LogP contribution in [-0.4, -0.2) is 36.3 Å². The molecule has 126 valence electrons. The van der Waals surface area contributed by atoms with Gasteiger partial charge in [-0.05, 0) is 25.1 Å². The predicted molar refractivity (Wildman–Crippen MR) is 88.5 cm³/mol. The van der Waals surface area contributed by atoms with E-state index in [9.17, 15) is 4.79 Å². The second-order valence-electron chi connectivity index (χ2n) is 5.52. The fourth-order valence-electron chi connectivity index (χ4n) is 2.30. The van der Waals surface area contributed by atoms with Gasteiger partial charge in [-0.2, -0.15) is 0 Å². The number of urea groups is 1. The molecule has 1 N–H and O–H groups in total. The van der Waals surface area contributed by atoms with E-state index < -0.39 is 0 Å². The Labute approximate surface area is 141 Å². The topological polar surface area (TPSA) is 59.6 Å². The molecule has 23 heavy (non-hydrogen) atoms. The molecule has 7 heteroatoms. The number of nitrogens with one attached hydrogen (secondary N) is 1. The highest BCUT2D eigenvalue weighted by Crippen LogP contribution is 2.18. The van der Waals surface area contributed by atoms with E-state index in [0.29, 0.717) is 23.9 Å². The highest BCUT2D eigenvalue weighted by Gasteiger charge is 2.20. The molecular formula is C16H22ClN3O3. The van der Waals surface area contributed by atoms with Gasteiger partial charge < -0.3 is 23.9 Å². The first kappa shape index (κ1) is 17.4. The SMILES string of the molecule is COC[C@H](NC(=O)N(C)Cc1cc(Cl)cn1C)c1ccc(C)o1. The van der Waals surface area contributed by atoms with Gasteiger partial charge in [0.15, 0.2) is 0 Å². The summed E-state index contributed by atoms with van der Waals surface area (Å²) in [6, 6.07) is 5.00. The maximum absolute atomic E-state index is 12.4. The van der Waals surface area contributed by atoms with Gasteiger partial charge >= 0.3 is 6.03 Å². The monoisotopic (exact) mass is 339 g/mol. The van der Waals surface area contributed by atoms with E-state index in [2.05, 4.69) is 5.32 Å². The lowest BCUT2D eigenvalue weighted by atomic mass is 10.2. The molecule has 0 saturated heterocycles. The quantitative estimate of drug-likeness (QED) is 0.879. The maximum atomic E-state index is 12.4. The van der Waals surface area contributed by atoms with E-state index in [0.717, 1.165) is 11.5 Å². The van der Waals surface area contributed by atoms with E-state index >= 15 is 0 Å². The van der Waals surface area contributed by atoms with E-state index in [1.165, 1.54) is 0 Å². The Bertz CT molecular complexity index is 665. The Morgan fingerprint density at radius 3 is 2.78 bits per heavy atom. The van der Waals surface area contributed by atoms with Crippen LogP contribution >= 0.6 is 11.6 Å². The van der Waals surface area contributed by atoms with Crippen LogP contribution in [0.5, 0.6) is 0 Å². The Balaban J connectivity index is 2.01. The minimum atomic E-state index is -0.333. The van der Waals surface area contributed by atoms with E-state index in [1.807, 2.05) is 42.9 Å². The van der Waals surface area contributed by atoms with Crippen LogP contribution in [-0.2, 0) is 18.3 Å². The number of hydrogen-bond acceptors (Lipinski definition) is 3. The van der Waals surface area contributed by atoms with Crippen molar-refractivity contribution >= 4 is 17.6 Å². The Morgan fingerprint density at radius 2 is 2.26 bits per heavy atom. The van der Waals surface area contributed by atoms with Crippen molar-refractivity contribution in [3.63, 3.8) is 0 Å². The van der Waals surface area contributed by atoms with Gasteiger partial charge in [0.2, 0.25) is 0 Å². The van der Waals surface area contributed by atoms with Gasteiger partial charge in [0.25, 0.3) is 0 Å². The van der Waals surface area contributed by atoms with E-state index in [1.54, 1.807) is 19.1 Å². The molecule has 2 heterocycles. The maximum Gasteiger partial charge on any atom is 0.318 e. The van der Waals surface area contributed by atoms with Crippen LogP contribution in [0.15, 0.2) is 28.8 Å². The summed E-state index contributed by atoms with van der Waals surface area (Å²) in [5.74, 6) is 1.47. The van der Waals surface area contributed by atoms with Crippen LogP contribution < -0.4 is 5.32 Å². The first-order valence-corrected chi connectivity index (χ1v) is 7.66. The molecule has 2 aromatic rings. The smallest absolute Gasteiger partial charge is 0.318 e. The van der Waals surface area contributed by atoms with Crippen LogP contribution in [0, 0.1) is 6.92 Å². The lowest BCUT2D eigenvalue weighted by Gasteiger charge is -2.22. The number of carbonyl (C=O) groups is 1. The van der Waals surface area contributed by atoms with Gasteiger partial charge in [0, 0.05) is 33.1 Å². The van der Waals surface area contributed by atoms with Gasteiger partial charge in [-0.3, -0.25) is 0 Å². The van der Waals surface area contributed by atoms with Crippen LogP contribution in [0.3, 0.4) is 0 Å². The third-order valence-electron chi connectivity index (χ3n) is 3.56. The summed E-state index contributed by atoms with van der Waals surface area (Å²) in [6.07, 6.45) is 1.81. The summed E-state index contributed by atoms with van der Waals surface area (Å²) in [7, 11) is 5.21. The number of carbonyl (C=O) groups excluding carboxylic acids is 1. The van der Waals surface area contributed by atoms with Gasteiger partial charge in [-0.25, -0.2) is 4.79 Å². The van der Waals surface area contributed by atoms with Gasteiger partial charge in [-0.15, -0.1) is 0 Å². The highest BCUT2D eigenvalue weighted by atomic mass is 35.5. The number of ether oxygens (including phenoxy) is 1. The summed E-state index contributed by atoms with van der Waals surface area (Å²) < 4.78 is 12.7. The number of hydrogen-bond donors (Lipinski definition) is 1. The van der Waals surface area contributed by atoms with E-state index in [-0.39, 0.29) is 12.1 Å². The fourth-order valence-corrected chi connectivity index (χ4v) is 2.57. The van der Waals surface area contributed by atoms with Crippen molar-refractivity contribution in [2.24, 2.45) is 7.05 Å². The zero-order valence-electron chi connectivity index (χ0n) is 13.8. The zero-order valence-corrected chi connectivity index (χ0v) is 14.6. The first-order chi connectivity index (χ1) is 10.9. The zero-order chi connectivity index (χ0) is 17.0. The summed E-state index contributed by atoms with van der Waals surface area (Å²) in [4.78, 5) is 14.0. The number of furan rings is 1. The third kappa shape index (κ3) is 4.53. The number of nitrogens with zero attached hydrogens (tertiary/aromatic N) is 2. The minimum Gasteiger partial charge on any atom is -0.464 e. The lowest BCUT2D eigenvalue weighted by Crippen LogP contribution is -2.40. The van der Waals surface area contributed by atoms with Gasteiger partial charge in [0.05, 0.1) is 18.2 Å². The third-order valence-corrected chi connectivity index (χ3v) is 3.76. The molecule has 0 aromatic carbocycles. The highest BCUT2D eigenvalue weighted by molar-refractivity contribution is 6.30. The number of aryl methyl sites for hydroxylation is 2. The van der Waals surface area contributed by atoms with Crippen molar-refractivity contribution < 1.29 is 13.9 Å². The Morgan fingerprint density at radius 1 is 1.52 bits per heavy atom. The van der Waals surface area contributed by atoms with Crippen molar-refractivity contribution in [2.75, 3.05) is 20.8 Å². The van der Waals surface area contributed by atoms with Crippen molar-refractivity contribution in [1.82, 2.24) is 14.8 Å².